The molecule has 0 heterocycles. The fourth-order valence-electron chi connectivity index (χ4n) is 0.291. The molecule has 0 spiro atoms. The Bertz CT molecular complexity index is 120. The summed E-state index contributed by atoms with van der Waals surface area (Å²) in [6.07, 6.45) is -0.926. The van der Waals surface area contributed by atoms with Crippen molar-refractivity contribution in [1.82, 2.24) is 0 Å². The molecule has 0 aromatic carbocycles. The van der Waals surface area contributed by atoms with Crippen molar-refractivity contribution >= 4 is 16.9 Å². The van der Waals surface area contributed by atoms with E-state index in [1.165, 1.54) is 0 Å². The Balaban J connectivity index is 3.35. The fraction of sp³-hybridized carbons (Fsp3) is 0.800. The number of hydrogen-bond donors (Lipinski definition) is 2. The number of aliphatic hydroxyl groups excluding tert-OH is 1. The normalized spacial score (nSPS) is 15.3. The van der Waals surface area contributed by atoms with Crippen LogP contribution in [0.4, 0.5) is 4.39 Å². The molecule has 0 saturated carbocycles. The van der Waals surface area contributed by atoms with Crippen LogP contribution < -0.4 is 5.73 Å². The molecule has 0 bridgehead atoms. The van der Waals surface area contributed by atoms with Crippen LogP contribution >= 0.6 is 11.8 Å². The second-order valence-electron chi connectivity index (χ2n) is 1.68. The average molecular weight is 166 g/mol. The molecule has 0 rings (SSSR count). The third-order valence-corrected chi connectivity index (χ3v) is 1.85. The minimum absolute atomic E-state index is 0.264. The monoisotopic (exact) mass is 166 g/mol. The zero-order chi connectivity index (χ0) is 7.98. The van der Waals surface area contributed by atoms with Gasteiger partial charge in [0.2, 0.25) is 0 Å². The number of hydrogen-bond acceptors (Lipinski definition) is 3. The molecule has 5 heteroatoms. The zero-order valence-corrected chi connectivity index (χ0v) is 6.57. The summed E-state index contributed by atoms with van der Waals surface area (Å²) in [5, 5.41) is 9.06. The van der Waals surface area contributed by atoms with E-state index in [0.29, 0.717) is 5.17 Å². The van der Waals surface area contributed by atoms with Crippen LogP contribution in [0.15, 0.2) is 4.99 Å². The lowest BCUT2D eigenvalue weighted by Crippen LogP contribution is -2.16. The minimum atomic E-state index is -0.926. The highest BCUT2D eigenvalue weighted by molar-refractivity contribution is 8.13. The van der Waals surface area contributed by atoms with Crippen molar-refractivity contribution in [3.05, 3.63) is 0 Å². The van der Waals surface area contributed by atoms with Crippen LogP contribution in [0.1, 0.15) is 0 Å². The van der Waals surface area contributed by atoms with Crippen LogP contribution in [0, 0.1) is 0 Å². The van der Waals surface area contributed by atoms with Gasteiger partial charge in [0, 0.05) is 12.8 Å². The van der Waals surface area contributed by atoms with Gasteiger partial charge in [-0.15, -0.1) is 0 Å². The van der Waals surface area contributed by atoms with E-state index in [1.54, 1.807) is 7.05 Å². The standard InChI is InChI=1S/C5H11FN2OS/c1-8-5(7)10-3-4(9)2-6/h4,9H,2-3H2,1H3,(H2,7,8). The van der Waals surface area contributed by atoms with E-state index in [9.17, 15) is 4.39 Å². The maximum absolute atomic E-state index is 11.6. The van der Waals surface area contributed by atoms with Gasteiger partial charge in [0.05, 0.1) is 6.10 Å². The molecule has 10 heavy (non-hydrogen) atoms. The van der Waals surface area contributed by atoms with E-state index in [1.807, 2.05) is 0 Å². The van der Waals surface area contributed by atoms with Crippen molar-refractivity contribution in [2.75, 3.05) is 19.5 Å². The summed E-state index contributed by atoms with van der Waals surface area (Å²) in [6, 6.07) is 0. The first-order valence-corrected chi connectivity index (χ1v) is 3.78. The first-order valence-electron chi connectivity index (χ1n) is 2.79. The van der Waals surface area contributed by atoms with Gasteiger partial charge in [-0.3, -0.25) is 4.99 Å². The lowest BCUT2D eigenvalue weighted by atomic mass is 10.5. The van der Waals surface area contributed by atoms with Crippen molar-refractivity contribution in [2.24, 2.45) is 10.7 Å². The van der Waals surface area contributed by atoms with Gasteiger partial charge < -0.3 is 10.8 Å². The Labute approximate surface area is 63.5 Å². The summed E-state index contributed by atoms with van der Waals surface area (Å²) in [5.41, 5.74) is 5.26. The number of nitrogens with zero attached hydrogens (tertiary/aromatic N) is 1. The van der Waals surface area contributed by atoms with Gasteiger partial charge in [-0.2, -0.15) is 0 Å². The second-order valence-corrected chi connectivity index (χ2v) is 2.72. The number of nitrogens with two attached hydrogens (primary N) is 1. The Kier molecular flexibility index (Phi) is 5.33. The molecule has 0 amide bonds. The smallest absolute Gasteiger partial charge is 0.153 e. The number of amidine groups is 1. The quantitative estimate of drug-likeness (QED) is 0.458. The van der Waals surface area contributed by atoms with E-state index >= 15 is 0 Å². The second kappa shape index (κ2) is 5.49. The molecule has 1 atom stereocenters. The number of aliphatic imine (C=N–C) groups is 1. The number of halogens is 1. The molecular formula is C5H11FN2OS. The van der Waals surface area contributed by atoms with Gasteiger partial charge in [0.15, 0.2) is 5.17 Å². The lowest BCUT2D eigenvalue weighted by Gasteiger charge is -2.03. The largest absolute Gasteiger partial charge is 0.390 e. The highest BCUT2D eigenvalue weighted by Gasteiger charge is 2.03. The summed E-state index contributed by atoms with van der Waals surface area (Å²) in [6.45, 7) is -0.732. The highest BCUT2D eigenvalue weighted by atomic mass is 32.2. The van der Waals surface area contributed by atoms with E-state index < -0.39 is 12.8 Å². The number of rotatable bonds is 3. The average Bonchev–Trinajstić information content (AvgIpc) is 1.99. The molecule has 0 aromatic heterocycles. The molecule has 0 aromatic rings. The molecule has 0 aliphatic rings. The molecule has 0 saturated heterocycles. The zero-order valence-electron chi connectivity index (χ0n) is 5.75. The van der Waals surface area contributed by atoms with E-state index in [4.69, 9.17) is 10.8 Å². The van der Waals surface area contributed by atoms with Crippen LogP contribution in [0.2, 0.25) is 0 Å². The summed E-state index contributed by atoms with van der Waals surface area (Å²) in [5.74, 6) is 0.264. The summed E-state index contributed by atoms with van der Waals surface area (Å²) in [4.78, 5) is 3.62. The predicted molar refractivity (Wildman–Crippen MR) is 42.0 cm³/mol. The van der Waals surface area contributed by atoms with E-state index in [2.05, 4.69) is 4.99 Å². The van der Waals surface area contributed by atoms with E-state index in [0.717, 1.165) is 11.8 Å². The first-order chi connectivity index (χ1) is 4.70. The molecule has 0 aliphatic heterocycles. The van der Waals surface area contributed by atoms with Crippen LogP contribution in [0.5, 0.6) is 0 Å². The molecular weight excluding hydrogens is 155 g/mol. The molecule has 60 valence electrons. The molecule has 0 aliphatic carbocycles. The number of alkyl halides is 1. The van der Waals surface area contributed by atoms with Crippen molar-refractivity contribution in [1.29, 1.82) is 0 Å². The number of thioether (sulfide) groups is 1. The summed E-state index contributed by atoms with van der Waals surface area (Å²) in [7, 11) is 1.55. The Morgan fingerprint density at radius 3 is 2.90 bits per heavy atom. The molecule has 3 nitrogen and oxygen atoms in total. The fourth-order valence-corrected chi connectivity index (χ4v) is 0.872. The Morgan fingerprint density at radius 2 is 2.50 bits per heavy atom. The molecule has 0 fully saturated rings. The Morgan fingerprint density at radius 1 is 1.90 bits per heavy atom. The van der Waals surface area contributed by atoms with Crippen molar-refractivity contribution < 1.29 is 9.50 Å². The third-order valence-electron chi connectivity index (χ3n) is 0.822. The van der Waals surface area contributed by atoms with Crippen molar-refractivity contribution in [2.45, 2.75) is 6.10 Å². The maximum atomic E-state index is 11.6. The third kappa shape index (κ3) is 4.58. The van der Waals surface area contributed by atoms with Crippen LogP contribution in [0.25, 0.3) is 0 Å². The van der Waals surface area contributed by atoms with Gasteiger partial charge in [-0.1, -0.05) is 11.8 Å². The lowest BCUT2D eigenvalue weighted by molar-refractivity contribution is 0.162. The molecule has 0 radical (unpaired) electrons. The van der Waals surface area contributed by atoms with Gasteiger partial charge in [0.1, 0.15) is 6.67 Å². The molecule has 1 unspecified atom stereocenters. The maximum Gasteiger partial charge on any atom is 0.153 e. The van der Waals surface area contributed by atoms with Gasteiger partial charge in [-0.25, -0.2) is 4.39 Å². The minimum Gasteiger partial charge on any atom is -0.390 e. The van der Waals surface area contributed by atoms with Crippen LogP contribution in [0.3, 0.4) is 0 Å². The van der Waals surface area contributed by atoms with Gasteiger partial charge >= 0.3 is 0 Å². The SMILES string of the molecule is CN=C(N)SCC(O)CF. The highest BCUT2D eigenvalue weighted by Crippen LogP contribution is 2.02. The summed E-state index contributed by atoms with van der Waals surface area (Å²) >= 11 is 1.15. The van der Waals surface area contributed by atoms with E-state index in [-0.39, 0.29) is 5.75 Å². The topological polar surface area (TPSA) is 58.6 Å². The summed E-state index contributed by atoms with van der Waals surface area (Å²) < 4.78 is 11.6. The van der Waals surface area contributed by atoms with Crippen LogP contribution in [-0.4, -0.2) is 35.9 Å². The number of aliphatic hydroxyl groups is 1. The van der Waals surface area contributed by atoms with Crippen molar-refractivity contribution in [3.8, 4) is 0 Å². The molecule has 3 N–H and O–H groups in total. The van der Waals surface area contributed by atoms with Crippen LogP contribution in [-0.2, 0) is 0 Å². The van der Waals surface area contributed by atoms with Gasteiger partial charge in [0.25, 0.3) is 0 Å². The van der Waals surface area contributed by atoms with Gasteiger partial charge in [-0.05, 0) is 0 Å². The van der Waals surface area contributed by atoms with Crippen molar-refractivity contribution in [3.63, 3.8) is 0 Å². The first kappa shape index (κ1) is 9.71. The Hall–Kier alpha value is -0.290. The predicted octanol–water partition coefficient (Wildman–Crippen LogP) is -0.00550.